The van der Waals surface area contributed by atoms with Gasteiger partial charge in [-0.15, -0.1) is 0 Å². The Hall–Kier alpha value is -1.09. The molecule has 0 bridgehead atoms. The fraction of sp³-hybridized carbons (Fsp3) is 0.667. The summed E-state index contributed by atoms with van der Waals surface area (Å²) in [5, 5.41) is 3.73. The highest BCUT2D eigenvalue weighted by Gasteiger charge is 2.38. The number of hydrogen-bond donors (Lipinski definition) is 1. The number of anilines is 1. The summed E-state index contributed by atoms with van der Waals surface area (Å²) in [6.45, 7) is 12.7. The maximum atomic E-state index is 14.4. The van der Waals surface area contributed by atoms with Crippen LogP contribution < -0.4 is 10.2 Å². The van der Waals surface area contributed by atoms with Gasteiger partial charge in [-0.1, -0.05) is 33.8 Å². The SMILES string of the molecule is CCC1(CC)CN(c2cc(C)ccc2F)C(C(C)C)CN1. The van der Waals surface area contributed by atoms with Crippen LogP contribution in [0.5, 0.6) is 0 Å². The maximum absolute atomic E-state index is 14.4. The largest absolute Gasteiger partial charge is 0.363 e. The van der Waals surface area contributed by atoms with Gasteiger partial charge in [0.2, 0.25) is 0 Å². The lowest BCUT2D eigenvalue weighted by molar-refractivity contribution is 0.226. The molecule has 1 fully saturated rings. The molecule has 2 nitrogen and oxygen atoms in total. The second kappa shape index (κ2) is 6.35. The number of halogens is 1. The molecule has 1 saturated heterocycles. The Morgan fingerprint density at radius 3 is 2.57 bits per heavy atom. The molecule has 1 aliphatic heterocycles. The molecule has 0 radical (unpaired) electrons. The highest BCUT2D eigenvalue weighted by Crippen LogP contribution is 2.32. The van der Waals surface area contributed by atoms with E-state index in [0.29, 0.717) is 12.0 Å². The van der Waals surface area contributed by atoms with Crippen LogP contribution in [0.15, 0.2) is 18.2 Å². The summed E-state index contributed by atoms with van der Waals surface area (Å²) in [6, 6.07) is 5.78. The monoisotopic (exact) mass is 292 g/mol. The van der Waals surface area contributed by atoms with Crippen LogP contribution in [0, 0.1) is 18.7 Å². The van der Waals surface area contributed by atoms with Crippen LogP contribution in [0.25, 0.3) is 0 Å². The van der Waals surface area contributed by atoms with Gasteiger partial charge in [0, 0.05) is 24.7 Å². The third-order valence-electron chi connectivity index (χ3n) is 5.09. The van der Waals surface area contributed by atoms with Crippen molar-refractivity contribution >= 4 is 5.69 Å². The summed E-state index contributed by atoms with van der Waals surface area (Å²) in [5.41, 5.74) is 1.98. The zero-order valence-corrected chi connectivity index (χ0v) is 14.0. The third-order valence-corrected chi connectivity index (χ3v) is 5.09. The fourth-order valence-corrected chi connectivity index (χ4v) is 3.36. The molecule has 1 unspecified atom stereocenters. The molecule has 3 heteroatoms. The molecular weight excluding hydrogens is 263 g/mol. The lowest BCUT2D eigenvalue weighted by Gasteiger charge is -2.50. The van der Waals surface area contributed by atoms with Crippen molar-refractivity contribution in [2.75, 3.05) is 18.0 Å². The lowest BCUT2D eigenvalue weighted by Crippen LogP contribution is -2.65. The predicted octanol–water partition coefficient (Wildman–Crippen LogP) is 4.13. The maximum Gasteiger partial charge on any atom is 0.146 e. The topological polar surface area (TPSA) is 15.3 Å². The normalized spacial score (nSPS) is 21.9. The standard InChI is InChI=1S/C18H29FN2/c1-6-18(7-2)12-21(17(11-20-18)13(3)4)16-10-14(5)8-9-15(16)19/h8-10,13,17,20H,6-7,11-12H2,1-5H3. The van der Waals surface area contributed by atoms with Gasteiger partial charge in [-0.2, -0.15) is 0 Å². The van der Waals surface area contributed by atoms with Crippen molar-refractivity contribution in [3.8, 4) is 0 Å². The van der Waals surface area contributed by atoms with Crippen LogP contribution in [-0.4, -0.2) is 24.7 Å². The first kappa shape index (κ1) is 16.3. The van der Waals surface area contributed by atoms with Crippen LogP contribution >= 0.6 is 0 Å². The van der Waals surface area contributed by atoms with Crippen LogP contribution in [0.3, 0.4) is 0 Å². The highest BCUT2D eigenvalue weighted by molar-refractivity contribution is 5.52. The molecule has 1 heterocycles. The summed E-state index contributed by atoms with van der Waals surface area (Å²) in [6.07, 6.45) is 2.14. The molecule has 2 rings (SSSR count). The van der Waals surface area contributed by atoms with Gasteiger partial charge in [-0.25, -0.2) is 4.39 Å². The van der Waals surface area contributed by atoms with Gasteiger partial charge in [0.1, 0.15) is 5.82 Å². The number of benzene rings is 1. The minimum Gasteiger partial charge on any atom is -0.363 e. The van der Waals surface area contributed by atoms with E-state index < -0.39 is 0 Å². The van der Waals surface area contributed by atoms with Crippen LogP contribution in [0.1, 0.15) is 46.1 Å². The van der Waals surface area contributed by atoms with Crippen molar-refractivity contribution in [2.45, 2.75) is 59.0 Å². The first-order valence-electron chi connectivity index (χ1n) is 8.20. The number of nitrogens with zero attached hydrogens (tertiary/aromatic N) is 1. The van der Waals surface area contributed by atoms with Gasteiger partial charge in [-0.05, 0) is 43.4 Å². The van der Waals surface area contributed by atoms with Crippen LogP contribution in [-0.2, 0) is 0 Å². The molecule has 1 aromatic rings. The Bertz CT molecular complexity index is 480. The van der Waals surface area contributed by atoms with Crippen molar-refractivity contribution in [1.29, 1.82) is 0 Å². The Labute approximate surface area is 128 Å². The highest BCUT2D eigenvalue weighted by atomic mass is 19.1. The van der Waals surface area contributed by atoms with E-state index in [0.717, 1.165) is 37.2 Å². The van der Waals surface area contributed by atoms with Crippen LogP contribution in [0.2, 0.25) is 0 Å². The average Bonchev–Trinajstić information content (AvgIpc) is 2.49. The summed E-state index contributed by atoms with van der Waals surface area (Å²) in [5.74, 6) is 0.387. The summed E-state index contributed by atoms with van der Waals surface area (Å²) >= 11 is 0. The number of hydrogen-bond acceptors (Lipinski definition) is 2. The van der Waals surface area contributed by atoms with Gasteiger partial charge in [0.15, 0.2) is 0 Å². The molecule has 1 aliphatic rings. The molecule has 0 amide bonds. The van der Waals surface area contributed by atoms with E-state index in [1.807, 2.05) is 19.1 Å². The fourth-order valence-electron chi connectivity index (χ4n) is 3.36. The van der Waals surface area contributed by atoms with Crippen molar-refractivity contribution in [2.24, 2.45) is 5.92 Å². The van der Waals surface area contributed by atoms with E-state index >= 15 is 0 Å². The molecule has 1 atom stereocenters. The lowest BCUT2D eigenvalue weighted by atomic mass is 9.86. The number of nitrogens with one attached hydrogen (secondary N) is 1. The predicted molar refractivity (Wildman–Crippen MR) is 88.4 cm³/mol. The van der Waals surface area contributed by atoms with Gasteiger partial charge >= 0.3 is 0 Å². The Morgan fingerprint density at radius 1 is 1.33 bits per heavy atom. The molecule has 1 N–H and O–H groups in total. The third kappa shape index (κ3) is 3.23. The molecular formula is C18H29FN2. The van der Waals surface area contributed by atoms with Gasteiger partial charge in [0.05, 0.1) is 5.69 Å². The second-order valence-electron chi connectivity index (χ2n) is 6.76. The molecule has 0 spiro atoms. The Kier molecular flexibility index (Phi) is 4.92. The average molecular weight is 292 g/mol. The Morgan fingerprint density at radius 2 is 2.00 bits per heavy atom. The van der Waals surface area contributed by atoms with Crippen molar-refractivity contribution < 1.29 is 4.39 Å². The van der Waals surface area contributed by atoms with E-state index in [4.69, 9.17) is 0 Å². The number of aryl methyl sites for hydroxylation is 1. The first-order chi connectivity index (χ1) is 9.92. The van der Waals surface area contributed by atoms with Crippen molar-refractivity contribution in [1.82, 2.24) is 5.32 Å². The zero-order chi connectivity index (χ0) is 15.6. The van der Waals surface area contributed by atoms with E-state index in [1.54, 1.807) is 6.07 Å². The van der Waals surface area contributed by atoms with Crippen molar-refractivity contribution in [3.63, 3.8) is 0 Å². The van der Waals surface area contributed by atoms with E-state index in [2.05, 4.69) is 37.9 Å². The quantitative estimate of drug-likeness (QED) is 0.897. The van der Waals surface area contributed by atoms with Gasteiger partial charge in [-0.3, -0.25) is 0 Å². The molecule has 0 saturated carbocycles. The molecule has 0 aromatic heterocycles. The second-order valence-corrected chi connectivity index (χ2v) is 6.76. The summed E-state index contributed by atoms with van der Waals surface area (Å²) < 4.78 is 14.4. The van der Waals surface area contributed by atoms with Gasteiger partial charge in [0.25, 0.3) is 0 Å². The summed E-state index contributed by atoms with van der Waals surface area (Å²) in [4.78, 5) is 2.30. The van der Waals surface area contributed by atoms with Crippen LogP contribution in [0.4, 0.5) is 10.1 Å². The molecule has 1 aromatic carbocycles. The zero-order valence-electron chi connectivity index (χ0n) is 14.0. The Balaban J connectivity index is 2.40. The summed E-state index contributed by atoms with van der Waals surface area (Å²) in [7, 11) is 0. The number of piperazine rings is 1. The minimum atomic E-state index is -0.103. The van der Waals surface area contributed by atoms with Gasteiger partial charge < -0.3 is 10.2 Å². The molecule has 0 aliphatic carbocycles. The first-order valence-corrected chi connectivity index (χ1v) is 8.20. The molecule has 21 heavy (non-hydrogen) atoms. The van der Waals surface area contributed by atoms with E-state index in [-0.39, 0.29) is 11.4 Å². The number of rotatable bonds is 4. The van der Waals surface area contributed by atoms with E-state index in [9.17, 15) is 4.39 Å². The smallest absolute Gasteiger partial charge is 0.146 e. The van der Waals surface area contributed by atoms with Crippen molar-refractivity contribution in [3.05, 3.63) is 29.6 Å². The minimum absolute atomic E-state index is 0.0988. The van der Waals surface area contributed by atoms with E-state index in [1.165, 1.54) is 0 Å². The molecule has 118 valence electrons.